The number of rotatable bonds is 8. The minimum absolute atomic E-state index is 0.0523. The lowest BCUT2D eigenvalue weighted by atomic mass is 10.1. The van der Waals surface area contributed by atoms with E-state index in [4.69, 9.17) is 9.47 Å². The topological polar surface area (TPSA) is 52.6 Å². The van der Waals surface area contributed by atoms with Crippen molar-refractivity contribution in [1.29, 1.82) is 0 Å². The molecule has 4 nitrogen and oxygen atoms in total. The molecule has 0 rings (SSSR count). The normalized spacial score (nSPS) is 10.7. The van der Waals surface area contributed by atoms with Gasteiger partial charge in [0.25, 0.3) is 0 Å². The summed E-state index contributed by atoms with van der Waals surface area (Å²) in [7, 11) is 0. The van der Waals surface area contributed by atoms with Crippen LogP contribution in [0.15, 0.2) is 0 Å². The van der Waals surface area contributed by atoms with Gasteiger partial charge in [-0.15, -0.1) is 0 Å². The first-order chi connectivity index (χ1) is 7.91. The summed E-state index contributed by atoms with van der Waals surface area (Å²) in [6, 6.07) is 0. The van der Waals surface area contributed by atoms with Gasteiger partial charge in [-0.2, -0.15) is 0 Å². The summed E-state index contributed by atoms with van der Waals surface area (Å²) >= 11 is 0. The van der Waals surface area contributed by atoms with Gasteiger partial charge >= 0.3 is 11.9 Å². The number of esters is 2. The first kappa shape index (κ1) is 15.9. The highest BCUT2D eigenvalue weighted by atomic mass is 16.5. The van der Waals surface area contributed by atoms with Crippen molar-refractivity contribution in [2.45, 2.75) is 72.0 Å². The Hall–Kier alpha value is -1.06. The summed E-state index contributed by atoms with van der Waals surface area (Å²) < 4.78 is 10.00. The maximum atomic E-state index is 11.2. The molecule has 0 radical (unpaired) electrons. The van der Waals surface area contributed by atoms with E-state index >= 15 is 0 Å². The second-order valence-corrected chi connectivity index (χ2v) is 4.64. The molecule has 0 aromatic heterocycles. The van der Waals surface area contributed by atoms with E-state index in [1.165, 1.54) is 0 Å². The molecular weight excluding hydrogens is 220 g/mol. The van der Waals surface area contributed by atoms with Gasteiger partial charge in [0.05, 0.1) is 12.2 Å². The fraction of sp³-hybridized carbons (Fsp3) is 0.846. The predicted octanol–water partition coefficient (Wildman–Crippen LogP) is 2.84. The van der Waals surface area contributed by atoms with Crippen molar-refractivity contribution >= 4 is 11.9 Å². The van der Waals surface area contributed by atoms with Crippen LogP contribution in [0.3, 0.4) is 0 Å². The van der Waals surface area contributed by atoms with Crippen molar-refractivity contribution in [3.63, 3.8) is 0 Å². The number of carbonyl (C=O) groups excluding carboxylic acids is 2. The van der Waals surface area contributed by atoms with Gasteiger partial charge in [-0.25, -0.2) is 0 Å². The zero-order valence-corrected chi connectivity index (χ0v) is 11.3. The van der Waals surface area contributed by atoms with Gasteiger partial charge in [-0.05, 0) is 40.5 Å². The maximum absolute atomic E-state index is 11.2. The van der Waals surface area contributed by atoms with Crippen LogP contribution in [0, 0.1) is 0 Å². The van der Waals surface area contributed by atoms with E-state index in [9.17, 15) is 9.59 Å². The lowest BCUT2D eigenvalue weighted by Gasteiger charge is -2.08. The third-order valence-corrected chi connectivity index (χ3v) is 2.00. The second kappa shape index (κ2) is 9.02. The van der Waals surface area contributed by atoms with Crippen molar-refractivity contribution in [3.8, 4) is 0 Å². The number of ether oxygens (including phenoxy) is 2. The van der Waals surface area contributed by atoms with Gasteiger partial charge in [0, 0.05) is 12.8 Å². The van der Waals surface area contributed by atoms with Crippen LogP contribution in [0.5, 0.6) is 0 Å². The molecule has 0 fully saturated rings. The Balaban J connectivity index is 3.40. The van der Waals surface area contributed by atoms with Crippen molar-refractivity contribution in [2.24, 2.45) is 0 Å². The highest BCUT2D eigenvalue weighted by molar-refractivity contribution is 5.70. The SMILES string of the molecule is CC(C)OC(=O)CCCCCC(=O)OC(C)C. The molecule has 0 aliphatic carbocycles. The largest absolute Gasteiger partial charge is 0.463 e. The van der Waals surface area contributed by atoms with Crippen LogP contribution >= 0.6 is 0 Å². The van der Waals surface area contributed by atoms with Crippen molar-refractivity contribution < 1.29 is 19.1 Å². The Morgan fingerprint density at radius 1 is 0.765 bits per heavy atom. The summed E-state index contributed by atoms with van der Waals surface area (Å²) in [5.74, 6) is -0.325. The smallest absolute Gasteiger partial charge is 0.306 e. The molecule has 0 atom stereocenters. The Morgan fingerprint density at radius 2 is 1.12 bits per heavy atom. The minimum Gasteiger partial charge on any atom is -0.463 e. The van der Waals surface area contributed by atoms with Gasteiger partial charge in [0.1, 0.15) is 0 Å². The molecule has 100 valence electrons. The third-order valence-electron chi connectivity index (χ3n) is 2.00. The average Bonchev–Trinajstić information content (AvgIpc) is 2.14. The van der Waals surface area contributed by atoms with Gasteiger partial charge < -0.3 is 9.47 Å². The molecule has 0 unspecified atom stereocenters. The zero-order valence-electron chi connectivity index (χ0n) is 11.3. The number of unbranched alkanes of at least 4 members (excludes halogenated alkanes) is 2. The average molecular weight is 244 g/mol. The van der Waals surface area contributed by atoms with Crippen LogP contribution in [0.4, 0.5) is 0 Å². The van der Waals surface area contributed by atoms with E-state index < -0.39 is 0 Å². The molecule has 17 heavy (non-hydrogen) atoms. The van der Waals surface area contributed by atoms with Crippen molar-refractivity contribution in [3.05, 3.63) is 0 Å². The lowest BCUT2D eigenvalue weighted by molar-refractivity contribution is -0.147. The molecule has 0 aromatic carbocycles. The maximum Gasteiger partial charge on any atom is 0.306 e. The molecule has 0 aliphatic heterocycles. The zero-order chi connectivity index (χ0) is 13.3. The third kappa shape index (κ3) is 11.2. The van der Waals surface area contributed by atoms with E-state index in [1.807, 2.05) is 27.7 Å². The molecule has 0 spiro atoms. The first-order valence-corrected chi connectivity index (χ1v) is 6.30. The quantitative estimate of drug-likeness (QED) is 0.486. The van der Waals surface area contributed by atoms with Gasteiger partial charge in [0.15, 0.2) is 0 Å². The van der Waals surface area contributed by atoms with Crippen LogP contribution in [0.25, 0.3) is 0 Å². The second-order valence-electron chi connectivity index (χ2n) is 4.64. The van der Waals surface area contributed by atoms with E-state index in [0.717, 1.165) is 19.3 Å². The standard InChI is InChI=1S/C13H24O4/c1-10(2)16-12(14)8-6-5-7-9-13(15)17-11(3)4/h10-11H,5-9H2,1-4H3. The molecule has 4 heteroatoms. The molecule has 0 amide bonds. The molecular formula is C13H24O4. The number of hydrogen-bond donors (Lipinski definition) is 0. The lowest BCUT2D eigenvalue weighted by Crippen LogP contribution is -2.12. The summed E-state index contributed by atoms with van der Waals surface area (Å²) in [6.07, 6.45) is 3.13. The van der Waals surface area contributed by atoms with Crippen LogP contribution < -0.4 is 0 Å². The molecule has 0 aliphatic rings. The van der Waals surface area contributed by atoms with Crippen LogP contribution in [-0.2, 0) is 19.1 Å². The van der Waals surface area contributed by atoms with Crippen LogP contribution in [0.2, 0.25) is 0 Å². The molecule has 0 saturated heterocycles. The van der Waals surface area contributed by atoms with Gasteiger partial charge in [-0.3, -0.25) is 9.59 Å². The Kier molecular flexibility index (Phi) is 8.46. The molecule has 0 aromatic rings. The van der Waals surface area contributed by atoms with Crippen LogP contribution in [0.1, 0.15) is 59.8 Å². The fourth-order valence-corrected chi connectivity index (χ4v) is 1.36. The van der Waals surface area contributed by atoms with Crippen LogP contribution in [-0.4, -0.2) is 24.1 Å². The molecule has 0 bridgehead atoms. The van der Waals surface area contributed by atoms with E-state index in [2.05, 4.69) is 0 Å². The monoisotopic (exact) mass is 244 g/mol. The summed E-state index contributed by atoms with van der Waals surface area (Å²) in [6.45, 7) is 7.33. The number of carbonyl (C=O) groups is 2. The molecule has 0 heterocycles. The van der Waals surface area contributed by atoms with Crippen molar-refractivity contribution in [2.75, 3.05) is 0 Å². The Morgan fingerprint density at radius 3 is 1.41 bits per heavy atom. The summed E-state index contributed by atoms with van der Waals surface area (Å²) in [5, 5.41) is 0. The van der Waals surface area contributed by atoms with E-state index in [-0.39, 0.29) is 24.1 Å². The highest BCUT2D eigenvalue weighted by Crippen LogP contribution is 2.06. The summed E-state index contributed by atoms with van der Waals surface area (Å²) in [4.78, 5) is 22.4. The Bertz CT molecular complexity index is 210. The van der Waals surface area contributed by atoms with Gasteiger partial charge in [-0.1, -0.05) is 6.42 Å². The van der Waals surface area contributed by atoms with E-state index in [0.29, 0.717) is 12.8 Å². The molecule has 0 N–H and O–H groups in total. The Labute approximate surface area is 104 Å². The first-order valence-electron chi connectivity index (χ1n) is 6.30. The molecule has 0 saturated carbocycles. The number of hydrogen-bond acceptors (Lipinski definition) is 4. The van der Waals surface area contributed by atoms with E-state index in [1.54, 1.807) is 0 Å². The summed E-state index contributed by atoms with van der Waals surface area (Å²) in [5.41, 5.74) is 0. The highest BCUT2D eigenvalue weighted by Gasteiger charge is 2.07. The van der Waals surface area contributed by atoms with Crippen molar-refractivity contribution in [1.82, 2.24) is 0 Å². The fourth-order valence-electron chi connectivity index (χ4n) is 1.36. The predicted molar refractivity (Wildman–Crippen MR) is 65.5 cm³/mol. The van der Waals surface area contributed by atoms with Gasteiger partial charge in [0.2, 0.25) is 0 Å². The minimum atomic E-state index is -0.162.